The number of ether oxygens (including phenoxy) is 1. The second-order valence-corrected chi connectivity index (χ2v) is 5.31. The van der Waals surface area contributed by atoms with Crippen LogP contribution < -0.4 is 10.5 Å². The fourth-order valence-electron chi connectivity index (χ4n) is 2.42. The lowest BCUT2D eigenvalue weighted by molar-refractivity contribution is 0.158. The number of nitrogens with two attached hydrogens (primary N) is 1. The normalized spacial score (nSPS) is 24.3. The van der Waals surface area contributed by atoms with Gasteiger partial charge in [-0.1, -0.05) is 0 Å². The van der Waals surface area contributed by atoms with E-state index in [2.05, 4.69) is 9.97 Å². The van der Waals surface area contributed by atoms with Gasteiger partial charge in [0.25, 0.3) is 0 Å². The van der Waals surface area contributed by atoms with Crippen LogP contribution in [0.25, 0.3) is 10.2 Å². The molecule has 2 atom stereocenters. The Hall–Kier alpha value is -1.20. The van der Waals surface area contributed by atoms with Crippen molar-refractivity contribution in [1.29, 1.82) is 0 Å². The van der Waals surface area contributed by atoms with Gasteiger partial charge in [0.15, 0.2) is 0 Å². The SMILES string of the molecule is NCC1CCCC1Oc1ncnc2ccsc12. The van der Waals surface area contributed by atoms with Gasteiger partial charge in [-0.3, -0.25) is 0 Å². The van der Waals surface area contributed by atoms with Crippen molar-refractivity contribution in [2.75, 3.05) is 6.54 Å². The molecule has 2 N–H and O–H groups in total. The van der Waals surface area contributed by atoms with Crippen LogP contribution >= 0.6 is 11.3 Å². The molecule has 4 nitrogen and oxygen atoms in total. The minimum absolute atomic E-state index is 0.222. The highest BCUT2D eigenvalue weighted by Gasteiger charge is 2.28. The quantitative estimate of drug-likeness (QED) is 0.906. The summed E-state index contributed by atoms with van der Waals surface area (Å²) in [7, 11) is 0. The third-order valence-corrected chi connectivity index (χ3v) is 4.26. The van der Waals surface area contributed by atoms with E-state index < -0.39 is 0 Å². The van der Waals surface area contributed by atoms with Crippen LogP contribution in [-0.4, -0.2) is 22.6 Å². The molecule has 5 heteroatoms. The molecule has 3 rings (SSSR count). The monoisotopic (exact) mass is 249 g/mol. The van der Waals surface area contributed by atoms with Gasteiger partial charge < -0.3 is 10.5 Å². The Bertz CT molecular complexity index is 513. The van der Waals surface area contributed by atoms with Gasteiger partial charge >= 0.3 is 0 Å². The van der Waals surface area contributed by atoms with E-state index in [4.69, 9.17) is 10.5 Å². The Morgan fingerprint density at radius 2 is 2.35 bits per heavy atom. The molecule has 2 heterocycles. The van der Waals surface area contributed by atoms with Gasteiger partial charge in [0.05, 0.1) is 5.52 Å². The van der Waals surface area contributed by atoms with E-state index in [1.807, 2.05) is 11.4 Å². The number of thiophene rings is 1. The summed E-state index contributed by atoms with van der Waals surface area (Å²) in [6, 6.07) is 1.99. The van der Waals surface area contributed by atoms with Crippen molar-refractivity contribution < 1.29 is 4.74 Å². The number of hydrogen-bond acceptors (Lipinski definition) is 5. The number of aromatic nitrogens is 2. The van der Waals surface area contributed by atoms with Crippen LogP contribution in [0.5, 0.6) is 5.88 Å². The van der Waals surface area contributed by atoms with Crippen LogP contribution in [0.2, 0.25) is 0 Å². The minimum atomic E-state index is 0.222. The summed E-state index contributed by atoms with van der Waals surface area (Å²) in [6.07, 6.45) is 5.24. The maximum Gasteiger partial charge on any atom is 0.235 e. The van der Waals surface area contributed by atoms with Gasteiger partial charge in [0, 0.05) is 5.92 Å². The molecule has 17 heavy (non-hydrogen) atoms. The van der Waals surface area contributed by atoms with Gasteiger partial charge in [-0.15, -0.1) is 11.3 Å². The predicted octanol–water partition coefficient (Wildman–Crippen LogP) is 2.20. The Morgan fingerprint density at radius 1 is 1.41 bits per heavy atom. The molecule has 0 aliphatic heterocycles. The summed E-state index contributed by atoms with van der Waals surface area (Å²) in [5, 5.41) is 2.02. The highest BCUT2D eigenvalue weighted by Crippen LogP contribution is 2.32. The first-order chi connectivity index (χ1) is 8.38. The van der Waals surface area contributed by atoms with E-state index in [9.17, 15) is 0 Å². The second-order valence-electron chi connectivity index (χ2n) is 4.40. The van der Waals surface area contributed by atoms with E-state index in [1.165, 1.54) is 12.8 Å². The third-order valence-electron chi connectivity index (χ3n) is 3.37. The van der Waals surface area contributed by atoms with Crippen LogP contribution in [-0.2, 0) is 0 Å². The summed E-state index contributed by atoms with van der Waals surface area (Å²) < 4.78 is 7.07. The van der Waals surface area contributed by atoms with E-state index in [1.54, 1.807) is 17.7 Å². The fourth-order valence-corrected chi connectivity index (χ4v) is 3.20. The van der Waals surface area contributed by atoms with Crippen molar-refractivity contribution in [3.8, 4) is 5.88 Å². The Kier molecular flexibility index (Phi) is 2.94. The van der Waals surface area contributed by atoms with E-state index in [-0.39, 0.29) is 6.10 Å². The molecule has 0 saturated heterocycles. The van der Waals surface area contributed by atoms with E-state index in [0.717, 1.165) is 22.5 Å². The summed E-state index contributed by atoms with van der Waals surface area (Å²) in [6.45, 7) is 0.698. The Morgan fingerprint density at radius 3 is 3.24 bits per heavy atom. The topological polar surface area (TPSA) is 61.0 Å². The van der Waals surface area contributed by atoms with Gasteiger partial charge in [-0.25, -0.2) is 9.97 Å². The largest absolute Gasteiger partial charge is 0.473 e. The number of hydrogen-bond donors (Lipinski definition) is 1. The maximum absolute atomic E-state index is 6.03. The van der Waals surface area contributed by atoms with Crippen molar-refractivity contribution in [1.82, 2.24) is 9.97 Å². The molecule has 1 aliphatic rings. The third kappa shape index (κ3) is 2.00. The maximum atomic E-state index is 6.03. The summed E-state index contributed by atoms with van der Waals surface area (Å²) in [4.78, 5) is 8.46. The minimum Gasteiger partial charge on any atom is -0.473 e. The first kappa shape index (κ1) is 10.9. The molecule has 0 spiro atoms. The molecule has 1 aliphatic carbocycles. The van der Waals surface area contributed by atoms with Crippen molar-refractivity contribution in [3.05, 3.63) is 17.8 Å². The van der Waals surface area contributed by atoms with E-state index in [0.29, 0.717) is 12.5 Å². The number of nitrogens with zero attached hydrogens (tertiary/aromatic N) is 2. The standard InChI is InChI=1S/C12H15N3OS/c13-6-8-2-1-3-10(8)16-12-11-9(4-5-17-11)14-7-15-12/h4-5,7-8,10H,1-3,6,13H2. The highest BCUT2D eigenvalue weighted by molar-refractivity contribution is 7.17. The molecule has 2 unspecified atom stereocenters. The molecule has 2 aromatic rings. The smallest absolute Gasteiger partial charge is 0.235 e. The molecule has 0 amide bonds. The molecule has 0 aromatic carbocycles. The van der Waals surface area contributed by atoms with Crippen molar-refractivity contribution in [3.63, 3.8) is 0 Å². The van der Waals surface area contributed by atoms with E-state index >= 15 is 0 Å². The zero-order valence-corrected chi connectivity index (χ0v) is 10.3. The summed E-state index contributed by atoms with van der Waals surface area (Å²) >= 11 is 1.62. The number of fused-ring (bicyclic) bond motifs is 1. The van der Waals surface area contributed by atoms with Crippen LogP contribution in [0.15, 0.2) is 17.8 Å². The van der Waals surface area contributed by atoms with Crippen LogP contribution in [0, 0.1) is 5.92 Å². The Labute approximate surface area is 104 Å². The highest BCUT2D eigenvalue weighted by atomic mass is 32.1. The molecular formula is C12H15N3OS. The van der Waals surface area contributed by atoms with Gasteiger partial charge in [-0.05, 0) is 37.3 Å². The fraction of sp³-hybridized carbons (Fsp3) is 0.500. The molecule has 1 saturated carbocycles. The average molecular weight is 249 g/mol. The predicted molar refractivity (Wildman–Crippen MR) is 68.2 cm³/mol. The number of rotatable bonds is 3. The lowest BCUT2D eigenvalue weighted by Gasteiger charge is -2.19. The lowest BCUT2D eigenvalue weighted by Crippen LogP contribution is -2.27. The molecule has 1 fully saturated rings. The van der Waals surface area contributed by atoms with Gasteiger partial charge in [0.1, 0.15) is 17.1 Å². The van der Waals surface area contributed by atoms with Crippen molar-refractivity contribution in [2.24, 2.45) is 11.7 Å². The van der Waals surface area contributed by atoms with Crippen LogP contribution in [0.1, 0.15) is 19.3 Å². The first-order valence-electron chi connectivity index (χ1n) is 5.93. The molecule has 0 radical (unpaired) electrons. The zero-order chi connectivity index (χ0) is 11.7. The zero-order valence-electron chi connectivity index (χ0n) is 9.50. The molecule has 90 valence electrons. The van der Waals surface area contributed by atoms with Crippen LogP contribution in [0.3, 0.4) is 0 Å². The van der Waals surface area contributed by atoms with Crippen LogP contribution in [0.4, 0.5) is 0 Å². The molecule has 0 bridgehead atoms. The van der Waals surface area contributed by atoms with Crippen molar-refractivity contribution >= 4 is 21.6 Å². The van der Waals surface area contributed by atoms with Gasteiger partial charge in [0.2, 0.25) is 5.88 Å². The summed E-state index contributed by atoms with van der Waals surface area (Å²) in [5.41, 5.74) is 6.72. The second kappa shape index (κ2) is 4.58. The average Bonchev–Trinajstić information content (AvgIpc) is 2.97. The summed E-state index contributed by atoms with van der Waals surface area (Å²) in [5.74, 6) is 1.19. The first-order valence-corrected chi connectivity index (χ1v) is 6.81. The lowest BCUT2D eigenvalue weighted by atomic mass is 10.1. The van der Waals surface area contributed by atoms with Gasteiger partial charge in [-0.2, -0.15) is 0 Å². The molecular weight excluding hydrogens is 234 g/mol. The Balaban J connectivity index is 1.87. The molecule has 2 aromatic heterocycles. The van der Waals surface area contributed by atoms with Crippen molar-refractivity contribution in [2.45, 2.75) is 25.4 Å².